The molecule has 0 spiro atoms. The first-order chi connectivity index (χ1) is 8.00. The van der Waals surface area contributed by atoms with Gasteiger partial charge < -0.3 is 0 Å². The van der Waals surface area contributed by atoms with Gasteiger partial charge in [-0.05, 0) is 37.6 Å². The topological polar surface area (TPSA) is 25.8 Å². The second-order valence-electron chi connectivity index (χ2n) is 5.35. The fourth-order valence-corrected chi connectivity index (χ4v) is 2.54. The molecule has 0 amide bonds. The Labute approximate surface area is 101 Å². The molecule has 1 aliphatic rings. The summed E-state index contributed by atoms with van der Waals surface area (Å²) in [6.45, 7) is 8.77. The third-order valence-electron chi connectivity index (χ3n) is 3.89. The van der Waals surface area contributed by atoms with Crippen molar-refractivity contribution in [3.05, 3.63) is 40.9 Å². The predicted octanol–water partition coefficient (Wildman–Crippen LogP) is 3.63. The van der Waals surface area contributed by atoms with E-state index < -0.39 is 0 Å². The van der Waals surface area contributed by atoms with Crippen molar-refractivity contribution in [2.24, 2.45) is 0 Å². The molecule has 0 saturated carbocycles. The summed E-state index contributed by atoms with van der Waals surface area (Å²) in [6.07, 6.45) is 4.03. The predicted molar refractivity (Wildman–Crippen MR) is 71.0 cm³/mol. The van der Waals surface area contributed by atoms with Gasteiger partial charge in [0.1, 0.15) is 0 Å². The van der Waals surface area contributed by atoms with Crippen molar-refractivity contribution in [3.8, 4) is 0 Å². The third kappa shape index (κ3) is 1.33. The fraction of sp³-hybridized carbons (Fsp3) is 0.333. The third-order valence-corrected chi connectivity index (χ3v) is 3.89. The molecule has 2 heterocycles. The lowest BCUT2D eigenvalue weighted by atomic mass is 9.73. The molecule has 0 aliphatic heterocycles. The fourth-order valence-electron chi connectivity index (χ4n) is 2.54. The Morgan fingerprint density at radius 1 is 1.18 bits per heavy atom. The van der Waals surface area contributed by atoms with Gasteiger partial charge in [0.2, 0.25) is 0 Å². The van der Waals surface area contributed by atoms with Crippen LogP contribution in [-0.2, 0) is 5.41 Å². The molecule has 3 rings (SSSR count). The molecule has 0 saturated heterocycles. The van der Waals surface area contributed by atoms with E-state index in [-0.39, 0.29) is 5.41 Å². The van der Waals surface area contributed by atoms with E-state index in [1.165, 1.54) is 16.5 Å². The quantitative estimate of drug-likeness (QED) is 0.683. The number of aromatic nitrogens is 2. The molecule has 0 unspecified atom stereocenters. The van der Waals surface area contributed by atoms with Gasteiger partial charge in [-0.3, -0.25) is 9.97 Å². The first-order valence-electron chi connectivity index (χ1n) is 5.96. The maximum atomic E-state index is 4.60. The highest BCUT2D eigenvalue weighted by Crippen LogP contribution is 2.41. The number of hydrogen-bond donors (Lipinski definition) is 0. The number of pyridine rings is 2. The van der Waals surface area contributed by atoms with Crippen LogP contribution in [0.2, 0.25) is 0 Å². The minimum atomic E-state index is 0.0714. The van der Waals surface area contributed by atoms with Crippen molar-refractivity contribution >= 4 is 17.0 Å². The Morgan fingerprint density at radius 3 is 2.71 bits per heavy atom. The Morgan fingerprint density at radius 2 is 1.94 bits per heavy atom. The zero-order valence-electron chi connectivity index (χ0n) is 10.7. The monoisotopic (exact) mass is 224 g/mol. The summed E-state index contributed by atoms with van der Waals surface area (Å²) in [4.78, 5) is 9.07. The summed E-state index contributed by atoms with van der Waals surface area (Å²) in [7, 11) is 0. The molecule has 2 aromatic heterocycles. The van der Waals surface area contributed by atoms with Crippen LogP contribution in [0.5, 0.6) is 0 Å². The smallest absolute Gasteiger partial charge is 0.0745 e. The van der Waals surface area contributed by atoms with Gasteiger partial charge in [0.25, 0.3) is 0 Å². The Hall–Kier alpha value is -1.70. The maximum absolute atomic E-state index is 4.60. The van der Waals surface area contributed by atoms with Gasteiger partial charge in [-0.2, -0.15) is 0 Å². The van der Waals surface area contributed by atoms with Gasteiger partial charge in [-0.1, -0.05) is 19.4 Å². The highest BCUT2D eigenvalue weighted by atomic mass is 14.7. The second-order valence-corrected chi connectivity index (χ2v) is 5.35. The van der Waals surface area contributed by atoms with Crippen molar-refractivity contribution in [2.75, 3.05) is 0 Å². The summed E-state index contributed by atoms with van der Waals surface area (Å²) in [5.41, 5.74) is 5.97. The normalized spacial score (nSPS) is 17.1. The number of allylic oxidation sites excluding steroid dienone is 1. The van der Waals surface area contributed by atoms with Crippen LogP contribution in [0.1, 0.15) is 37.7 Å². The summed E-state index contributed by atoms with van der Waals surface area (Å²) < 4.78 is 0. The molecule has 0 N–H and O–H groups in total. The molecule has 86 valence electrons. The molecule has 0 bridgehead atoms. The Balaban J connectivity index is 2.53. The number of hydrogen-bond acceptors (Lipinski definition) is 2. The van der Waals surface area contributed by atoms with Gasteiger partial charge >= 0.3 is 0 Å². The molecule has 2 nitrogen and oxygen atoms in total. The summed E-state index contributed by atoms with van der Waals surface area (Å²) in [5, 5.41) is 1.22. The minimum Gasteiger partial charge on any atom is -0.256 e. The van der Waals surface area contributed by atoms with E-state index >= 15 is 0 Å². The molecular formula is C15H16N2. The van der Waals surface area contributed by atoms with Crippen molar-refractivity contribution in [3.63, 3.8) is 0 Å². The van der Waals surface area contributed by atoms with E-state index in [0.29, 0.717) is 0 Å². The van der Waals surface area contributed by atoms with Crippen LogP contribution in [0, 0.1) is 6.92 Å². The van der Waals surface area contributed by atoms with Crippen LogP contribution >= 0.6 is 0 Å². The van der Waals surface area contributed by atoms with E-state index in [1.54, 1.807) is 0 Å². The van der Waals surface area contributed by atoms with Gasteiger partial charge in [0, 0.05) is 22.7 Å². The molecule has 1 aliphatic carbocycles. The standard InChI is InChI=1S/C15H16N2/c1-9-7-13-14-11(15(9,3)4)8-10(2)17-12(14)5-6-16-13/h5-8H,1-4H3. The summed E-state index contributed by atoms with van der Waals surface area (Å²) in [5.74, 6) is 0. The van der Waals surface area contributed by atoms with Crippen molar-refractivity contribution in [1.29, 1.82) is 0 Å². The first-order valence-corrected chi connectivity index (χ1v) is 5.96. The van der Waals surface area contributed by atoms with Crippen LogP contribution in [-0.4, -0.2) is 9.97 Å². The lowest BCUT2D eigenvalue weighted by molar-refractivity contribution is 0.628. The van der Waals surface area contributed by atoms with Crippen LogP contribution in [0.3, 0.4) is 0 Å². The number of aryl methyl sites for hydroxylation is 1. The molecule has 17 heavy (non-hydrogen) atoms. The number of nitrogens with zero attached hydrogens (tertiary/aromatic N) is 2. The largest absolute Gasteiger partial charge is 0.256 e. The van der Waals surface area contributed by atoms with Crippen LogP contribution < -0.4 is 0 Å². The van der Waals surface area contributed by atoms with Gasteiger partial charge in [-0.15, -0.1) is 0 Å². The average Bonchev–Trinajstić information content (AvgIpc) is 2.26. The average molecular weight is 224 g/mol. The lowest BCUT2D eigenvalue weighted by Crippen LogP contribution is -2.22. The van der Waals surface area contributed by atoms with Gasteiger partial charge in [-0.25, -0.2) is 0 Å². The minimum absolute atomic E-state index is 0.0714. The zero-order valence-corrected chi connectivity index (χ0v) is 10.7. The molecule has 0 atom stereocenters. The van der Waals surface area contributed by atoms with E-state index in [2.05, 4.69) is 49.8 Å². The van der Waals surface area contributed by atoms with Crippen LogP contribution in [0.15, 0.2) is 23.9 Å². The van der Waals surface area contributed by atoms with E-state index in [0.717, 1.165) is 16.9 Å². The van der Waals surface area contributed by atoms with Gasteiger partial charge in [0.15, 0.2) is 0 Å². The van der Waals surface area contributed by atoms with Crippen LogP contribution in [0.4, 0.5) is 0 Å². The molecular weight excluding hydrogens is 208 g/mol. The zero-order chi connectivity index (χ0) is 12.2. The SMILES string of the molecule is CC1=Cc2nccc3nc(C)cc(c23)C1(C)C. The molecule has 2 aromatic rings. The highest BCUT2D eigenvalue weighted by molar-refractivity contribution is 5.93. The summed E-state index contributed by atoms with van der Waals surface area (Å²) in [6, 6.07) is 4.20. The Bertz CT molecular complexity index is 651. The van der Waals surface area contributed by atoms with Crippen molar-refractivity contribution in [1.82, 2.24) is 9.97 Å². The van der Waals surface area contributed by atoms with Crippen LogP contribution in [0.25, 0.3) is 17.0 Å². The second kappa shape index (κ2) is 3.16. The molecule has 0 aromatic carbocycles. The van der Waals surface area contributed by atoms with Crippen molar-refractivity contribution < 1.29 is 0 Å². The highest BCUT2D eigenvalue weighted by Gasteiger charge is 2.30. The van der Waals surface area contributed by atoms with E-state index in [1.807, 2.05) is 12.3 Å². The maximum Gasteiger partial charge on any atom is 0.0745 e. The van der Waals surface area contributed by atoms with E-state index in [9.17, 15) is 0 Å². The number of rotatable bonds is 0. The van der Waals surface area contributed by atoms with Crippen molar-refractivity contribution in [2.45, 2.75) is 33.1 Å². The summed E-state index contributed by atoms with van der Waals surface area (Å²) >= 11 is 0. The molecule has 0 fully saturated rings. The van der Waals surface area contributed by atoms with E-state index in [4.69, 9.17) is 0 Å². The Kier molecular flexibility index (Phi) is 1.94. The van der Waals surface area contributed by atoms with Gasteiger partial charge in [0.05, 0.1) is 11.2 Å². The molecule has 0 radical (unpaired) electrons. The lowest BCUT2D eigenvalue weighted by Gasteiger charge is -2.32. The first kappa shape index (κ1) is 10.5. The molecule has 2 heteroatoms.